The molecule has 1 heterocycles. The van der Waals surface area contributed by atoms with Gasteiger partial charge in [0.2, 0.25) is 15.9 Å². The highest BCUT2D eigenvalue weighted by Crippen LogP contribution is 2.30. The molecule has 2 N–H and O–H groups in total. The van der Waals surface area contributed by atoms with Crippen LogP contribution in [0.15, 0.2) is 76.7 Å². The number of carbonyl (C=O) groups is 1. The maximum atomic E-state index is 12.9. The van der Waals surface area contributed by atoms with Gasteiger partial charge in [-0.3, -0.25) is 4.79 Å². The average molecular weight is 561 g/mol. The predicted molar refractivity (Wildman–Crippen MR) is 157 cm³/mol. The number of anilines is 1. The third-order valence-corrected chi connectivity index (χ3v) is 9.40. The molecule has 0 aliphatic heterocycles. The van der Waals surface area contributed by atoms with Gasteiger partial charge in [-0.1, -0.05) is 61.4 Å². The molecule has 1 fully saturated rings. The average Bonchev–Trinajstić information content (AvgIpc) is 3.44. The van der Waals surface area contributed by atoms with Crippen molar-refractivity contribution in [2.45, 2.75) is 61.9 Å². The van der Waals surface area contributed by atoms with E-state index >= 15 is 0 Å². The Kier molecular flexibility index (Phi) is 8.30. The van der Waals surface area contributed by atoms with E-state index in [1.807, 2.05) is 31.2 Å². The zero-order chi connectivity index (χ0) is 27.4. The lowest BCUT2D eigenvalue weighted by molar-refractivity contribution is -0.113. The number of hydrogen-bond donors (Lipinski definition) is 2. The molecule has 0 bridgehead atoms. The van der Waals surface area contributed by atoms with Crippen LogP contribution >= 0.6 is 11.8 Å². The van der Waals surface area contributed by atoms with E-state index in [1.165, 1.54) is 29.5 Å². The molecule has 4 aromatic rings. The van der Waals surface area contributed by atoms with Gasteiger partial charge in [0.1, 0.15) is 5.03 Å². The zero-order valence-electron chi connectivity index (χ0n) is 22.1. The molecule has 3 aromatic carbocycles. The monoisotopic (exact) mass is 560 g/mol. The molecular weight excluding hydrogens is 528 g/mol. The van der Waals surface area contributed by atoms with Crippen LogP contribution < -0.4 is 10.0 Å². The number of carbonyl (C=O) groups excluding carboxylic acids is 1. The predicted octanol–water partition coefficient (Wildman–Crippen LogP) is 6.12. The molecule has 0 atom stereocenters. The normalized spacial score (nSPS) is 14.1. The fraction of sp³-hybridized carbons (Fsp3) is 0.300. The lowest BCUT2D eigenvalue weighted by Crippen LogP contribution is -2.32. The first-order valence-corrected chi connectivity index (χ1v) is 15.7. The molecule has 39 heavy (non-hydrogen) atoms. The summed E-state index contributed by atoms with van der Waals surface area (Å²) in [6, 6.07) is 20.5. The number of hydrogen-bond acceptors (Lipinski definition) is 6. The number of nitrogens with zero attached hydrogens (tertiary/aromatic N) is 2. The quantitative estimate of drug-likeness (QED) is 0.189. The van der Waals surface area contributed by atoms with Gasteiger partial charge < -0.3 is 5.32 Å². The molecule has 1 aliphatic carbocycles. The molecule has 0 unspecified atom stereocenters. The second kappa shape index (κ2) is 11.9. The van der Waals surface area contributed by atoms with Gasteiger partial charge in [0.25, 0.3) is 0 Å². The molecule has 7 nitrogen and oxygen atoms in total. The minimum Gasteiger partial charge on any atom is -0.325 e. The number of fused-ring (bicyclic) bond motifs is 1. The summed E-state index contributed by atoms with van der Waals surface area (Å²) in [6.07, 6.45) is 4.74. The smallest absolute Gasteiger partial charge is 0.240 e. The number of amides is 1. The number of nitrogens with one attached hydrogen (secondary N) is 2. The number of aromatic nitrogens is 2. The van der Waals surface area contributed by atoms with Gasteiger partial charge in [0.05, 0.1) is 16.2 Å². The van der Waals surface area contributed by atoms with Crippen molar-refractivity contribution in [3.8, 4) is 11.4 Å². The fourth-order valence-corrected chi connectivity index (χ4v) is 6.89. The fourth-order valence-electron chi connectivity index (χ4n) is 4.77. The van der Waals surface area contributed by atoms with E-state index in [4.69, 9.17) is 9.97 Å². The van der Waals surface area contributed by atoms with Crippen molar-refractivity contribution < 1.29 is 13.2 Å². The first-order chi connectivity index (χ1) is 18.8. The van der Waals surface area contributed by atoms with Gasteiger partial charge >= 0.3 is 0 Å². The standard InChI is InChI=1S/C30H32N4O3S2/c1-3-21-11-16-27-26(18-21)30(33-29(32-27)22-8-6-7-20(2)17-22)38-19-28(35)31-23-12-14-25(15-13-23)39(36,37)34-24-9-4-5-10-24/h6-8,11-18,24,34H,3-5,9-10,19H2,1-2H3,(H,31,35). The maximum Gasteiger partial charge on any atom is 0.240 e. The summed E-state index contributed by atoms with van der Waals surface area (Å²) >= 11 is 1.37. The summed E-state index contributed by atoms with van der Waals surface area (Å²) in [7, 11) is -3.57. The van der Waals surface area contributed by atoms with E-state index in [0.717, 1.165) is 59.2 Å². The number of thioether (sulfide) groups is 1. The highest BCUT2D eigenvalue weighted by Gasteiger charge is 2.23. The Morgan fingerprint density at radius 3 is 2.49 bits per heavy atom. The lowest BCUT2D eigenvalue weighted by Gasteiger charge is -2.13. The molecule has 0 saturated heterocycles. The molecule has 1 aliphatic rings. The maximum absolute atomic E-state index is 12.9. The van der Waals surface area contributed by atoms with Crippen LogP contribution in [0, 0.1) is 6.92 Å². The lowest BCUT2D eigenvalue weighted by atomic mass is 10.1. The zero-order valence-corrected chi connectivity index (χ0v) is 23.7. The van der Waals surface area contributed by atoms with E-state index < -0.39 is 10.0 Å². The molecule has 1 saturated carbocycles. The summed E-state index contributed by atoms with van der Waals surface area (Å²) in [4.78, 5) is 22.7. The first-order valence-electron chi connectivity index (χ1n) is 13.2. The number of sulfonamides is 1. The van der Waals surface area contributed by atoms with E-state index in [0.29, 0.717) is 11.5 Å². The first kappa shape index (κ1) is 27.3. The molecule has 5 rings (SSSR count). The second-order valence-corrected chi connectivity index (χ2v) is 12.6. The van der Waals surface area contributed by atoms with Crippen LogP contribution in [-0.2, 0) is 21.2 Å². The van der Waals surface area contributed by atoms with Crippen LogP contribution in [0.4, 0.5) is 5.69 Å². The number of rotatable bonds is 9. The van der Waals surface area contributed by atoms with Gasteiger partial charge in [-0.2, -0.15) is 0 Å². The molecule has 0 radical (unpaired) electrons. The Hall–Kier alpha value is -3.27. The van der Waals surface area contributed by atoms with Crippen molar-refractivity contribution in [3.63, 3.8) is 0 Å². The molecule has 1 aromatic heterocycles. The van der Waals surface area contributed by atoms with Gasteiger partial charge in [0, 0.05) is 22.7 Å². The Morgan fingerprint density at radius 1 is 1.00 bits per heavy atom. The van der Waals surface area contributed by atoms with E-state index in [9.17, 15) is 13.2 Å². The third kappa shape index (κ3) is 6.66. The molecule has 1 amide bonds. The summed E-state index contributed by atoms with van der Waals surface area (Å²) in [5.74, 6) is 0.579. The summed E-state index contributed by atoms with van der Waals surface area (Å²) in [5.41, 5.74) is 4.61. The highest BCUT2D eigenvalue weighted by molar-refractivity contribution is 8.00. The van der Waals surface area contributed by atoms with Gasteiger partial charge in [-0.15, -0.1) is 0 Å². The topological polar surface area (TPSA) is 101 Å². The summed E-state index contributed by atoms with van der Waals surface area (Å²) in [6.45, 7) is 4.14. The molecule has 202 valence electrons. The van der Waals surface area contributed by atoms with Gasteiger partial charge in [-0.25, -0.2) is 23.1 Å². The van der Waals surface area contributed by atoms with Gasteiger partial charge in [0.15, 0.2) is 5.82 Å². The van der Waals surface area contributed by atoms with Crippen LogP contribution in [0.25, 0.3) is 22.3 Å². The van der Waals surface area contributed by atoms with E-state index in [-0.39, 0.29) is 22.6 Å². The minimum atomic E-state index is -3.57. The summed E-state index contributed by atoms with van der Waals surface area (Å²) < 4.78 is 28.1. The Balaban J connectivity index is 1.30. The largest absolute Gasteiger partial charge is 0.325 e. The Labute approximate surface area is 233 Å². The number of aryl methyl sites for hydroxylation is 2. The van der Waals surface area contributed by atoms with Crippen molar-refractivity contribution >= 4 is 44.3 Å². The van der Waals surface area contributed by atoms with Crippen molar-refractivity contribution in [1.29, 1.82) is 0 Å². The van der Waals surface area contributed by atoms with Crippen LogP contribution in [0.5, 0.6) is 0 Å². The second-order valence-electron chi connectivity index (χ2n) is 9.89. The summed E-state index contributed by atoms with van der Waals surface area (Å²) in [5, 5.41) is 4.55. The van der Waals surface area contributed by atoms with E-state index in [1.54, 1.807) is 12.1 Å². The number of benzene rings is 3. The van der Waals surface area contributed by atoms with Crippen molar-refractivity contribution in [2.75, 3.05) is 11.1 Å². The molecule has 9 heteroatoms. The van der Waals surface area contributed by atoms with Crippen molar-refractivity contribution in [3.05, 3.63) is 77.9 Å². The van der Waals surface area contributed by atoms with Crippen LogP contribution in [-0.4, -0.2) is 36.1 Å². The van der Waals surface area contributed by atoms with Crippen molar-refractivity contribution in [1.82, 2.24) is 14.7 Å². The molecule has 0 spiro atoms. The van der Waals surface area contributed by atoms with Gasteiger partial charge in [-0.05, 0) is 74.2 Å². The highest BCUT2D eigenvalue weighted by atomic mass is 32.2. The molecular formula is C30H32N4O3S2. The van der Waals surface area contributed by atoms with Crippen molar-refractivity contribution in [2.24, 2.45) is 0 Å². The SMILES string of the molecule is CCc1ccc2nc(-c3cccc(C)c3)nc(SCC(=O)Nc3ccc(S(=O)(=O)NC4CCCC4)cc3)c2c1. The third-order valence-electron chi connectivity index (χ3n) is 6.88. The minimum absolute atomic E-state index is 0.00381. The van der Waals surface area contributed by atoms with Crippen LogP contribution in [0.2, 0.25) is 0 Å². The Bertz CT molecular complexity index is 1600. The Morgan fingerprint density at radius 2 is 1.77 bits per heavy atom. The van der Waals surface area contributed by atoms with E-state index in [2.05, 4.69) is 35.2 Å². The van der Waals surface area contributed by atoms with Crippen LogP contribution in [0.1, 0.15) is 43.7 Å². The van der Waals surface area contributed by atoms with Crippen LogP contribution in [0.3, 0.4) is 0 Å².